The Morgan fingerprint density at radius 3 is 1.87 bits per heavy atom. The van der Waals surface area contributed by atoms with Crippen LogP contribution in [0.3, 0.4) is 0 Å². The summed E-state index contributed by atoms with van der Waals surface area (Å²) in [6.07, 6.45) is 11.6. The molecule has 15 heavy (non-hydrogen) atoms. The van der Waals surface area contributed by atoms with Gasteiger partial charge in [-0.3, -0.25) is 0 Å². The molecular weight excluding hydrogens is 239 g/mol. The van der Waals surface area contributed by atoms with Crippen LogP contribution in [0.2, 0.25) is 0 Å². The van der Waals surface area contributed by atoms with Gasteiger partial charge in [-0.25, -0.2) is 4.05 Å². The van der Waals surface area contributed by atoms with E-state index in [1.165, 1.54) is 51.4 Å². The predicted molar refractivity (Wildman–Crippen MR) is 71.7 cm³/mol. The van der Waals surface area contributed by atoms with Crippen LogP contribution in [-0.4, -0.2) is 25.1 Å². The normalized spacial score (nSPS) is 9.20. The Bertz CT molecular complexity index is 172. The standard InChI is InChI=1S/C12H20Cl.ClH.Mg/c1-2-3-4-5-6-7-8-9-10-11-12-13;;/h3-12H2;1H;/q;;+1/p-1. The summed E-state index contributed by atoms with van der Waals surface area (Å²) >= 11 is 5.06. The van der Waals surface area contributed by atoms with Crippen LogP contribution < -0.4 is 0 Å². The van der Waals surface area contributed by atoms with Gasteiger partial charge in [0.15, 0.2) is 0 Å². The topological polar surface area (TPSA) is 0 Å². The molecule has 0 N–H and O–H groups in total. The second-order valence-electron chi connectivity index (χ2n) is 3.75. The molecule has 0 saturated carbocycles. The Hall–Kier alpha value is 0.906. The molecule has 0 rings (SSSR count). The fraction of sp³-hybridized carbons (Fsp3) is 0.833. The first-order valence-electron chi connectivity index (χ1n) is 5.99. The molecule has 0 aromatic rings. The largest absolute Gasteiger partial charge is 0.598 e. The predicted octanol–water partition coefficient (Wildman–Crippen LogP) is 4.56. The van der Waals surface area contributed by atoms with Crippen LogP contribution in [0.1, 0.15) is 57.8 Å². The minimum atomic E-state index is -0.542. The first kappa shape index (κ1) is 15.9. The summed E-state index contributed by atoms with van der Waals surface area (Å²) in [6, 6.07) is 0. The third kappa shape index (κ3) is 14.9. The third-order valence-corrected chi connectivity index (χ3v) is 3.43. The van der Waals surface area contributed by atoms with Crippen molar-refractivity contribution in [2.24, 2.45) is 0 Å². The lowest BCUT2D eigenvalue weighted by Crippen LogP contribution is -1.81. The molecule has 0 fully saturated rings. The van der Waals surface area contributed by atoms with Crippen LogP contribution in [0.15, 0.2) is 0 Å². The van der Waals surface area contributed by atoms with Crippen LogP contribution in [0.25, 0.3) is 0 Å². The minimum Gasteiger partial charge on any atom is -0.316 e. The van der Waals surface area contributed by atoms with E-state index in [2.05, 4.69) is 9.97 Å². The van der Waals surface area contributed by atoms with Gasteiger partial charge in [-0.2, -0.15) is 0 Å². The quantitative estimate of drug-likeness (QED) is 0.246. The summed E-state index contributed by atoms with van der Waals surface area (Å²) in [5, 5.41) is 0. The summed E-state index contributed by atoms with van der Waals surface area (Å²) < 4.78 is 3.02. The Morgan fingerprint density at radius 1 is 0.800 bits per heavy atom. The molecule has 0 atom stereocenters. The van der Waals surface area contributed by atoms with Gasteiger partial charge in [0.05, 0.1) is 0 Å². The highest BCUT2D eigenvalue weighted by Crippen LogP contribution is 2.09. The Labute approximate surface area is 113 Å². The lowest BCUT2D eigenvalue weighted by atomic mass is 10.1. The SMILES string of the molecule is ClCCCCCCCCCCC#[C][Mg][Cl]. The van der Waals surface area contributed by atoms with Crippen molar-refractivity contribution in [3.05, 3.63) is 0 Å². The molecule has 0 nitrogen and oxygen atoms in total. The van der Waals surface area contributed by atoms with Gasteiger partial charge in [-0.15, -0.1) is 17.5 Å². The second kappa shape index (κ2) is 14.9. The number of hydrogen-bond acceptors (Lipinski definition) is 0. The molecule has 0 aliphatic rings. The third-order valence-electron chi connectivity index (χ3n) is 2.38. The van der Waals surface area contributed by atoms with E-state index < -0.39 is 19.3 Å². The molecule has 0 amide bonds. The van der Waals surface area contributed by atoms with Gasteiger partial charge >= 0.3 is 19.3 Å². The van der Waals surface area contributed by atoms with Crippen molar-refractivity contribution in [3.8, 4) is 9.97 Å². The van der Waals surface area contributed by atoms with E-state index in [1.54, 1.807) is 0 Å². The highest BCUT2D eigenvalue weighted by molar-refractivity contribution is 6.98. The summed E-state index contributed by atoms with van der Waals surface area (Å²) in [5.74, 6) is 3.94. The smallest absolute Gasteiger partial charge is 0.316 e. The van der Waals surface area contributed by atoms with Gasteiger partial charge in [0.1, 0.15) is 0 Å². The fourth-order valence-corrected chi connectivity index (χ4v) is 2.25. The van der Waals surface area contributed by atoms with E-state index in [-0.39, 0.29) is 0 Å². The van der Waals surface area contributed by atoms with Crippen molar-refractivity contribution >= 4 is 39.9 Å². The van der Waals surface area contributed by atoms with E-state index in [0.717, 1.165) is 12.3 Å². The zero-order chi connectivity index (χ0) is 11.2. The molecule has 0 unspecified atom stereocenters. The van der Waals surface area contributed by atoms with Gasteiger partial charge < -0.3 is 9.07 Å². The summed E-state index contributed by atoms with van der Waals surface area (Å²) in [6.45, 7) is 0. The molecule has 0 radical (unpaired) electrons. The molecular formula is C12H20Cl2Mg. The fourth-order valence-electron chi connectivity index (χ4n) is 1.50. The lowest BCUT2D eigenvalue weighted by Gasteiger charge is -1.99. The number of alkyl halides is 1. The zero-order valence-corrected chi connectivity index (χ0v) is 12.5. The van der Waals surface area contributed by atoms with Gasteiger partial charge in [0.25, 0.3) is 0 Å². The second-order valence-corrected chi connectivity index (χ2v) is 5.56. The van der Waals surface area contributed by atoms with Crippen molar-refractivity contribution in [1.82, 2.24) is 0 Å². The van der Waals surface area contributed by atoms with E-state index in [0.29, 0.717) is 0 Å². The van der Waals surface area contributed by atoms with E-state index in [4.69, 9.17) is 20.7 Å². The van der Waals surface area contributed by atoms with Crippen LogP contribution in [0.5, 0.6) is 0 Å². The maximum Gasteiger partial charge on any atom is 0.598 e. The van der Waals surface area contributed by atoms with Crippen LogP contribution in [0, 0.1) is 9.97 Å². The summed E-state index contributed by atoms with van der Waals surface area (Å²) in [5.41, 5.74) is 0. The summed E-state index contributed by atoms with van der Waals surface area (Å²) in [4.78, 5) is 0. The maximum atomic E-state index is 5.61. The first-order valence-corrected chi connectivity index (χ1v) is 9.37. The number of rotatable bonds is 9. The molecule has 0 bridgehead atoms. The maximum absolute atomic E-state index is 5.61. The molecule has 0 spiro atoms. The van der Waals surface area contributed by atoms with Crippen molar-refractivity contribution < 1.29 is 0 Å². The van der Waals surface area contributed by atoms with Gasteiger partial charge in [-0.1, -0.05) is 38.5 Å². The molecule has 0 saturated heterocycles. The van der Waals surface area contributed by atoms with E-state index in [1.807, 2.05) is 0 Å². The number of halogens is 2. The van der Waals surface area contributed by atoms with E-state index >= 15 is 0 Å². The molecule has 84 valence electrons. The Balaban J connectivity index is 2.92. The molecule has 0 aromatic heterocycles. The highest BCUT2D eigenvalue weighted by Gasteiger charge is 1.91. The number of hydrogen-bond donors (Lipinski definition) is 0. The van der Waals surface area contributed by atoms with Crippen molar-refractivity contribution in [3.63, 3.8) is 0 Å². The van der Waals surface area contributed by atoms with Crippen LogP contribution in [0.4, 0.5) is 0 Å². The van der Waals surface area contributed by atoms with Gasteiger partial charge in [-0.05, 0) is 12.8 Å². The van der Waals surface area contributed by atoms with Gasteiger partial charge in [0, 0.05) is 12.3 Å². The molecule has 0 aliphatic carbocycles. The average molecular weight is 260 g/mol. The molecule has 0 aromatic carbocycles. The number of unbranched alkanes of at least 4 members (excludes halogenated alkanes) is 8. The van der Waals surface area contributed by atoms with Crippen LogP contribution >= 0.6 is 20.7 Å². The summed E-state index contributed by atoms with van der Waals surface area (Å²) in [7, 11) is 5.58. The Morgan fingerprint density at radius 2 is 1.33 bits per heavy atom. The lowest BCUT2D eigenvalue weighted by molar-refractivity contribution is 0.580. The van der Waals surface area contributed by atoms with Crippen molar-refractivity contribution in [2.45, 2.75) is 57.8 Å². The molecule has 0 aliphatic heterocycles. The van der Waals surface area contributed by atoms with Crippen molar-refractivity contribution in [1.29, 1.82) is 0 Å². The monoisotopic (exact) mass is 258 g/mol. The average Bonchev–Trinajstić information content (AvgIpc) is 2.26. The minimum absolute atomic E-state index is 0.542. The van der Waals surface area contributed by atoms with Crippen molar-refractivity contribution in [2.75, 3.05) is 5.88 Å². The molecule has 3 heteroatoms. The first-order chi connectivity index (χ1) is 7.41. The highest BCUT2D eigenvalue weighted by atomic mass is 35.5. The van der Waals surface area contributed by atoms with Gasteiger partial charge in [0.2, 0.25) is 0 Å². The molecule has 0 heterocycles. The van der Waals surface area contributed by atoms with E-state index in [9.17, 15) is 0 Å². The Kier molecular flexibility index (Phi) is 15.8. The zero-order valence-electron chi connectivity index (χ0n) is 9.53. The van der Waals surface area contributed by atoms with Crippen LogP contribution in [-0.2, 0) is 0 Å².